The van der Waals surface area contributed by atoms with Crippen molar-refractivity contribution in [3.8, 4) is 12.3 Å². The molecule has 0 aliphatic carbocycles. The predicted octanol–water partition coefficient (Wildman–Crippen LogP) is 4.41. The molecule has 0 bridgehead atoms. The molecule has 0 aromatic heterocycles. The van der Waals surface area contributed by atoms with Crippen LogP contribution in [-0.2, 0) is 14.3 Å². The Morgan fingerprint density at radius 3 is 2.24 bits per heavy atom. The maximum absolute atomic E-state index is 13.6. The zero-order chi connectivity index (χ0) is 25.9. The first kappa shape index (κ1) is 29.0. The first-order valence-electron chi connectivity index (χ1n) is 12.1. The molecule has 34 heavy (non-hydrogen) atoms. The highest BCUT2D eigenvalue weighted by molar-refractivity contribution is 5.92. The molecule has 3 unspecified atom stereocenters. The Labute approximate surface area is 205 Å². The zero-order valence-corrected chi connectivity index (χ0v) is 21.7. The van der Waals surface area contributed by atoms with E-state index in [2.05, 4.69) is 23.5 Å². The van der Waals surface area contributed by atoms with E-state index in [1.807, 2.05) is 13.8 Å². The molecule has 188 valence electrons. The van der Waals surface area contributed by atoms with Gasteiger partial charge in [0.15, 0.2) is 0 Å². The van der Waals surface area contributed by atoms with Crippen LogP contribution in [0.15, 0.2) is 24.3 Å². The van der Waals surface area contributed by atoms with Gasteiger partial charge in [-0.15, -0.1) is 6.42 Å². The summed E-state index contributed by atoms with van der Waals surface area (Å²) in [6.07, 6.45) is 8.37. The van der Waals surface area contributed by atoms with E-state index in [0.29, 0.717) is 24.1 Å². The number of hydrogen-bond acceptors (Lipinski definition) is 4. The number of terminal acetylenes is 1. The molecule has 0 saturated carbocycles. The number of likely N-dealkylation sites (N-methyl/N-ethyl adjacent to an activating group) is 1. The van der Waals surface area contributed by atoms with Crippen LogP contribution in [0.3, 0.4) is 0 Å². The summed E-state index contributed by atoms with van der Waals surface area (Å²) >= 11 is 0. The van der Waals surface area contributed by atoms with Gasteiger partial charge in [-0.2, -0.15) is 0 Å². The van der Waals surface area contributed by atoms with Crippen LogP contribution in [-0.4, -0.2) is 48.0 Å². The van der Waals surface area contributed by atoms with Crippen molar-refractivity contribution in [2.24, 2.45) is 5.92 Å². The van der Waals surface area contributed by atoms with E-state index in [9.17, 15) is 14.4 Å². The second-order valence-electron chi connectivity index (χ2n) is 9.63. The third kappa shape index (κ3) is 9.09. The minimum atomic E-state index is -0.868. The van der Waals surface area contributed by atoms with Crippen LogP contribution in [0.25, 0.3) is 0 Å². The standard InChI is InChI=1S/C27H41N3O4/c1-9-12-13-18-28-24(31)23(21-16-14-20(11-3)15-17-21)30(8)25(32)22(19(4)10-2)29-26(33)34-27(5,6)7/h3,14-17,19,22-23H,9-10,12-13,18H2,1-2,4-8H3,(H,28,31)(H,29,33). The fourth-order valence-corrected chi connectivity index (χ4v) is 3.46. The molecule has 2 N–H and O–H groups in total. The second kappa shape index (κ2) is 13.6. The molecule has 1 rings (SSSR count). The van der Waals surface area contributed by atoms with E-state index in [0.717, 1.165) is 19.3 Å². The first-order valence-corrected chi connectivity index (χ1v) is 12.1. The number of carbonyl (C=O) groups excluding carboxylic acids is 3. The summed E-state index contributed by atoms with van der Waals surface area (Å²) in [5.74, 6) is 1.75. The molecule has 3 amide bonds. The van der Waals surface area contributed by atoms with Gasteiger partial charge < -0.3 is 20.3 Å². The van der Waals surface area contributed by atoms with Crippen molar-refractivity contribution in [3.05, 3.63) is 35.4 Å². The number of rotatable bonds is 11. The molecule has 0 aliphatic rings. The van der Waals surface area contributed by atoms with Gasteiger partial charge in [0, 0.05) is 19.2 Å². The summed E-state index contributed by atoms with van der Waals surface area (Å²) in [5.41, 5.74) is 0.630. The van der Waals surface area contributed by atoms with Gasteiger partial charge in [-0.25, -0.2) is 4.79 Å². The molecule has 0 aliphatic heterocycles. The number of unbranched alkanes of at least 4 members (excludes halogenated alkanes) is 2. The number of nitrogens with zero attached hydrogens (tertiary/aromatic N) is 1. The molecule has 1 aromatic rings. The van der Waals surface area contributed by atoms with E-state index in [-0.39, 0.29) is 17.7 Å². The smallest absolute Gasteiger partial charge is 0.408 e. The lowest BCUT2D eigenvalue weighted by Crippen LogP contribution is -2.54. The average Bonchev–Trinajstić information content (AvgIpc) is 2.78. The Morgan fingerprint density at radius 1 is 1.12 bits per heavy atom. The van der Waals surface area contributed by atoms with Crippen molar-refractivity contribution < 1.29 is 19.1 Å². The quantitative estimate of drug-likeness (QED) is 0.370. The number of ether oxygens (including phenoxy) is 1. The lowest BCUT2D eigenvalue weighted by molar-refractivity contribution is -0.141. The second-order valence-corrected chi connectivity index (χ2v) is 9.63. The van der Waals surface area contributed by atoms with Gasteiger partial charge in [-0.3, -0.25) is 9.59 Å². The van der Waals surface area contributed by atoms with Gasteiger partial charge in [0.1, 0.15) is 17.7 Å². The molecule has 0 saturated heterocycles. The van der Waals surface area contributed by atoms with Crippen LogP contribution in [0.5, 0.6) is 0 Å². The average molecular weight is 472 g/mol. The minimum absolute atomic E-state index is 0.167. The summed E-state index contributed by atoms with van der Waals surface area (Å²) in [4.78, 5) is 40.7. The molecular weight excluding hydrogens is 430 g/mol. The Bertz CT molecular complexity index is 852. The van der Waals surface area contributed by atoms with E-state index < -0.39 is 23.8 Å². The maximum atomic E-state index is 13.6. The fourth-order valence-electron chi connectivity index (χ4n) is 3.46. The van der Waals surface area contributed by atoms with Crippen LogP contribution >= 0.6 is 0 Å². The lowest BCUT2D eigenvalue weighted by atomic mass is 9.96. The monoisotopic (exact) mass is 471 g/mol. The van der Waals surface area contributed by atoms with Crippen LogP contribution in [0, 0.1) is 18.3 Å². The minimum Gasteiger partial charge on any atom is -0.444 e. The first-order chi connectivity index (χ1) is 15.9. The highest BCUT2D eigenvalue weighted by Crippen LogP contribution is 2.23. The summed E-state index contributed by atoms with van der Waals surface area (Å²) in [7, 11) is 1.58. The lowest BCUT2D eigenvalue weighted by Gasteiger charge is -2.33. The maximum Gasteiger partial charge on any atom is 0.408 e. The Balaban J connectivity index is 3.22. The highest BCUT2D eigenvalue weighted by atomic mass is 16.6. The molecule has 0 spiro atoms. The Morgan fingerprint density at radius 2 is 1.74 bits per heavy atom. The number of alkyl carbamates (subject to hydrolysis) is 1. The van der Waals surface area contributed by atoms with Gasteiger partial charge in [0.25, 0.3) is 0 Å². The van der Waals surface area contributed by atoms with E-state index >= 15 is 0 Å². The van der Waals surface area contributed by atoms with Crippen molar-refractivity contribution >= 4 is 17.9 Å². The van der Waals surface area contributed by atoms with Gasteiger partial charge in [0.2, 0.25) is 11.8 Å². The van der Waals surface area contributed by atoms with Gasteiger partial charge >= 0.3 is 6.09 Å². The summed E-state index contributed by atoms with van der Waals surface area (Å²) < 4.78 is 5.37. The van der Waals surface area contributed by atoms with E-state index in [1.54, 1.807) is 52.1 Å². The molecule has 0 radical (unpaired) electrons. The predicted molar refractivity (Wildman–Crippen MR) is 135 cm³/mol. The van der Waals surface area contributed by atoms with Crippen LogP contribution < -0.4 is 10.6 Å². The SMILES string of the molecule is C#Cc1ccc(C(C(=O)NCCCCC)N(C)C(=O)C(NC(=O)OC(C)(C)C)C(C)CC)cc1. The summed E-state index contributed by atoms with van der Waals surface area (Å²) in [6, 6.07) is 5.30. The Kier molecular flexibility index (Phi) is 11.6. The molecule has 1 aromatic carbocycles. The Hall–Kier alpha value is -3.01. The summed E-state index contributed by atoms with van der Waals surface area (Å²) in [6.45, 7) is 11.7. The van der Waals surface area contributed by atoms with Crippen LogP contribution in [0.4, 0.5) is 4.79 Å². The molecule has 7 nitrogen and oxygen atoms in total. The number of nitrogens with one attached hydrogen (secondary N) is 2. The number of hydrogen-bond donors (Lipinski definition) is 2. The van der Waals surface area contributed by atoms with Crippen LogP contribution in [0.1, 0.15) is 84.4 Å². The fraction of sp³-hybridized carbons (Fsp3) is 0.593. The van der Waals surface area contributed by atoms with Gasteiger partial charge in [-0.1, -0.05) is 58.1 Å². The molecule has 3 atom stereocenters. The number of carbonyl (C=O) groups is 3. The zero-order valence-electron chi connectivity index (χ0n) is 21.7. The topological polar surface area (TPSA) is 87.7 Å². The van der Waals surface area contributed by atoms with E-state index in [4.69, 9.17) is 11.2 Å². The van der Waals surface area contributed by atoms with Crippen LogP contribution in [0.2, 0.25) is 0 Å². The summed E-state index contributed by atoms with van der Waals surface area (Å²) in [5, 5.41) is 5.67. The van der Waals surface area contributed by atoms with Crippen molar-refractivity contribution in [3.63, 3.8) is 0 Å². The normalized spacial score (nSPS) is 13.7. The molecule has 0 heterocycles. The van der Waals surface area contributed by atoms with Crippen molar-refractivity contribution in [1.82, 2.24) is 15.5 Å². The van der Waals surface area contributed by atoms with Gasteiger partial charge in [0.05, 0.1) is 0 Å². The third-order valence-corrected chi connectivity index (χ3v) is 5.61. The number of benzene rings is 1. The third-order valence-electron chi connectivity index (χ3n) is 5.61. The molecular formula is C27H41N3O4. The van der Waals surface area contributed by atoms with Gasteiger partial charge in [-0.05, 0) is 50.8 Å². The van der Waals surface area contributed by atoms with E-state index in [1.165, 1.54) is 4.90 Å². The highest BCUT2D eigenvalue weighted by Gasteiger charge is 2.36. The molecule has 0 fully saturated rings. The number of amides is 3. The van der Waals surface area contributed by atoms with Crippen molar-refractivity contribution in [1.29, 1.82) is 0 Å². The largest absolute Gasteiger partial charge is 0.444 e. The van der Waals surface area contributed by atoms with Crippen molar-refractivity contribution in [2.75, 3.05) is 13.6 Å². The molecule has 7 heteroatoms. The van der Waals surface area contributed by atoms with Crippen molar-refractivity contribution in [2.45, 2.75) is 84.9 Å².